The number of aromatic nitrogens is 1. The van der Waals surface area contributed by atoms with Gasteiger partial charge in [0.25, 0.3) is 5.91 Å². The molecule has 2 aromatic carbocycles. The third-order valence-electron chi connectivity index (χ3n) is 6.25. The number of furan rings is 1. The molecule has 0 saturated carbocycles. The quantitative estimate of drug-likeness (QED) is 0.335. The molecule has 0 fully saturated rings. The number of rotatable bonds is 7. The minimum Gasteiger partial charge on any atom is -0.497 e. The van der Waals surface area contributed by atoms with Crippen molar-refractivity contribution in [1.29, 1.82) is 0 Å². The molecule has 0 radical (unpaired) electrons. The molecule has 5 rings (SSSR count). The zero-order valence-corrected chi connectivity index (χ0v) is 20.6. The van der Waals surface area contributed by atoms with E-state index in [2.05, 4.69) is 5.32 Å². The summed E-state index contributed by atoms with van der Waals surface area (Å²) < 4.78 is 21.5. The number of hydrogen-bond acceptors (Lipinski definition) is 7. The minimum absolute atomic E-state index is 0.419. The lowest BCUT2D eigenvalue weighted by Gasteiger charge is -2.22. The highest BCUT2D eigenvalue weighted by molar-refractivity contribution is 6.07. The zero-order valence-electron chi connectivity index (χ0n) is 20.6. The molecule has 8 nitrogen and oxygen atoms in total. The lowest BCUT2D eigenvalue weighted by molar-refractivity contribution is -0.119. The summed E-state index contributed by atoms with van der Waals surface area (Å²) in [5.41, 5.74) is 4.13. The number of para-hydroxylation sites is 1. The van der Waals surface area contributed by atoms with Gasteiger partial charge in [0.2, 0.25) is 0 Å². The number of allylic oxidation sites excluding steroid dienone is 1. The Morgan fingerprint density at radius 3 is 2.70 bits per heavy atom. The van der Waals surface area contributed by atoms with E-state index in [1.165, 1.54) is 14.2 Å². The average Bonchev–Trinajstić information content (AvgIpc) is 3.44. The predicted molar refractivity (Wildman–Crippen MR) is 140 cm³/mol. The van der Waals surface area contributed by atoms with E-state index in [9.17, 15) is 9.59 Å². The molecule has 1 N–H and O–H groups in total. The number of methoxy groups -OCH3 is 2. The number of carbonyl (C=O) groups excluding carboxylic acids is 2. The van der Waals surface area contributed by atoms with E-state index in [4.69, 9.17) is 23.6 Å². The molecule has 4 aromatic rings. The minimum atomic E-state index is -0.568. The molecule has 0 unspecified atom stereocenters. The summed E-state index contributed by atoms with van der Waals surface area (Å²) in [6.45, 7) is -0.459. The second-order valence-electron chi connectivity index (χ2n) is 8.56. The van der Waals surface area contributed by atoms with Gasteiger partial charge in [0.15, 0.2) is 6.61 Å². The number of benzene rings is 2. The first-order valence-corrected chi connectivity index (χ1v) is 11.9. The summed E-state index contributed by atoms with van der Waals surface area (Å²) in [5, 5.41) is 3.42. The van der Waals surface area contributed by atoms with Crippen molar-refractivity contribution < 1.29 is 28.2 Å². The molecule has 1 aliphatic rings. The second-order valence-corrected chi connectivity index (χ2v) is 8.56. The molecular formula is C29H26N2O6. The van der Waals surface area contributed by atoms with Gasteiger partial charge in [-0.1, -0.05) is 18.2 Å². The van der Waals surface area contributed by atoms with Gasteiger partial charge in [-0.25, -0.2) is 9.78 Å². The summed E-state index contributed by atoms with van der Waals surface area (Å²) in [4.78, 5) is 31.0. The fourth-order valence-corrected chi connectivity index (χ4v) is 4.55. The molecule has 37 heavy (non-hydrogen) atoms. The molecule has 188 valence electrons. The van der Waals surface area contributed by atoms with Crippen molar-refractivity contribution in [2.75, 3.05) is 26.1 Å². The first kappa shape index (κ1) is 24.1. The molecule has 2 aromatic heterocycles. The number of anilines is 1. The monoisotopic (exact) mass is 498 g/mol. The maximum Gasteiger partial charge on any atom is 0.339 e. The lowest BCUT2D eigenvalue weighted by Crippen LogP contribution is -2.23. The summed E-state index contributed by atoms with van der Waals surface area (Å²) in [7, 11) is 3.04. The predicted octanol–water partition coefficient (Wildman–Crippen LogP) is 5.52. The van der Waals surface area contributed by atoms with Crippen LogP contribution >= 0.6 is 0 Å². The van der Waals surface area contributed by atoms with Crippen LogP contribution in [0.15, 0.2) is 65.3 Å². The fourth-order valence-electron chi connectivity index (χ4n) is 4.55. The summed E-state index contributed by atoms with van der Waals surface area (Å²) in [6, 6.07) is 16.2. The number of fused-ring (bicyclic) bond motifs is 2. The van der Waals surface area contributed by atoms with Gasteiger partial charge in [0, 0.05) is 11.5 Å². The molecule has 0 bridgehead atoms. The highest BCUT2D eigenvalue weighted by Crippen LogP contribution is 2.36. The Morgan fingerprint density at radius 1 is 1.05 bits per heavy atom. The number of pyridine rings is 1. The van der Waals surface area contributed by atoms with Gasteiger partial charge in [0.1, 0.15) is 17.3 Å². The number of nitrogens with one attached hydrogen (secondary N) is 1. The van der Waals surface area contributed by atoms with Crippen molar-refractivity contribution in [1.82, 2.24) is 4.98 Å². The van der Waals surface area contributed by atoms with Gasteiger partial charge in [-0.2, -0.15) is 0 Å². The van der Waals surface area contributed by atoms with Crippen molar-refractivity contribution in [3.63, 3.8) is 0 Å². The van der Waals surface area contributed by atoms with Gasteiger partial charge in [-0.15, -0.1) is 0 Å². The van der Waals surface area contributed by atoms with Crippen LogP contribution in [0.1, 0.15) is 40.2 Å². The molecule has 1 amide bonds. The van der Waals surface area contributed by atoms with Gasteiger partial charge >= 0.3 is 5.97 Å². The molecular weight excluding hydrogens is 472 g/mol. The van der Waals surface area contributed by atoms with Crippen LogP contribution < -0.4 is 14.8 Å². The van der Waals surface area contributed by atoms with E-state index in [-0.39, 0.29) is 0 Å². The SMILES string of the molecule is COc1ccc(OC)c(NC(=O)COC(=O)c2c3c(nc4ccccc24)C(=Cc2ccco2)CCC3)c1. The van der Waals surface area contributed by atoms with Crippen molar-refractivity contribution >= 4 is 40.1 Å². The highest BCUT2D eigenvalue weighted by atomic mass is 16.5. The Labute approximate surface area is 213 Å². The lowest BCUT2D eigenvalue weighted by atomic mass is 9.86. The van der Waals surface area contributed by atoms with Gasteiger partial charge in [0.05, 0.1) is 42.9 Å². The van der Waals surface area contributed by atoms with Gasteiger partial charge in [-0.05, 0) is 66.8 Å². The standard InChI is InChI=1S/C29H26N2O6/c1-34-19-12-13-25(35-2)24(16-19)30-26(32)17-37-29(33)27-21-9-3-4-11-23(21)31-28-18(7-5-10-22(27)28)15-20-8-6-14-36-20/h3-4,6,8-9,11-16H,5,7,10,17H2,1-2H3,(H,30,32). The molecule has 0 aliphatic heterocycles. The largest absolute Gasteiger partial charge is 0.497 e. The molecule has 2 heterocycles. The van der Waals surface area contributed by atoms with E-state index in [0.717, 1.165) is 35.4 Å². The molecule has 0 spiro atoms. The van der Waals surface area contributed by atoms with Crippen molar-refractivity contribution in [2.24, 2.45) is 0 Å². The number of ether oxygens (including phenoxy) is 3. The smallest absolute Gasteiger partial charge is 0.339 e. The van der Waals surface area contributed by atoms with Crippen molar-refractivity contribution in [3.05, 3.63) is 83.4 Å². The molecule has 8 heteroatoms. The zero-order chi connectivity index (χ0) is 25.8. The van der Waals surface area contributed by atoms with E-state index in [1.807, 2.05) is 42.5 Å². The third-order valence-corrected chi connectivity index (χ3v) is 6.25. The third kappa shape index (κ3) is 5.04. The van der Waals surface area contributed by atoms with Crippen molar-refractivity contribution in [3.8, 4) is 11.5 Å². The Morgan fingerprint density at radius 2 is 1.92 bits per heavy atom. The summed E-state index contributed by atoms with van der Waals surface area (Å²) in [5.74, 6) is 0.686. The van der Waals surface area contributed by atoms with E-state index in [1.54, 1.807) is 24.5 Å². The van der Waals surface area contributed by atoms with Crippen LogP contribution in [-0.2, 0) is 16.0 Å². The summed E-state index contributed by atoms with van der Waals surface area (Å²) >= 11 is 0. The van der Waals surface area contributed by atoms with E-state index in [0.29, 0.717) is 40.1 Å². The first-order valence-electron chi connectivity index (χ1n) is 11.9. The number of nitrogens with zero attached hydrogens (tertiary/aromatic N) is 1. The number of carbonyl (C=O) groups is 2. The van der Waals surface area contributed by atoms with E-state index >= 15 is 0 Å². The van der Waals surface area contributed by atoms with Crippen LogP contribution in [0, 0.1) is 0 Å². The maximum atomic E-state index is 13.4. The Hall–Kier alpha value is -4.59. The highest BCUT2D eigenvalue weighted by Gasteiger charge is 2.26. The first-order chi connectivity index (χ1) is 18.1. The van der Waals surface area contributed by atoms with Gasteiger partial charge in [-0.3, -0.25) is 4.79 Å². The topological polar surface area (TPSA) is 99.9 Å². The van der Waals surface area contributed by atoms with Crippen LogP contribution in [-0.4, -0.2) is 37.7 Å². The van der Waals surface area contributed by atoms with Crippen LogP contribution in [0.4, 0.5) is 5.69 Å². The number of amides is 1. The fraction of sp³-hybridized carbons (Fsp3) is 0.207. The van der Waals surface area contributed by atoms with Crippen LogP contribution in [0.2, 0.25) is 0 Å². The Bertz CT molecular complexity index is 1490. The molecule has 0 saturated heterocycles. The molecule has 1 aliphatic carbocycles. The normalized spacial score (nSPS) is 13.7. The maximum absolute atomic E-state index is 13.4. The Kier molecular flexibility index (Phi) is 6.89. The average molecular weight is 499 g/mol. The van der Waals surface area contributed by atoms with Gasteiger partial charge < -0.3 is 23.9 Å². The van der Waals surface area contributed by atoms with Crippen LogP contribution in [0.5, 0.6) is 11.5 Å². The van der Waals surface area contributed by atoms with Crippen molar-refractivity contribution in [2.45, 2.75) is 19.3 Å². The Balaban J connectivity index is 1.43. The second kappa shape index (κ2) is 10.6. The number of esters is 1. The van der Waals surface area contributed by atoms with E-state index < -0.39 is 18.5 Å². The number of hydrogen-bond donors (Lipinski definition) is 1. The summed E-state index contributed by atoms with van der Waals surface area (Å²) in [6.07, 6.45) is 5.94. The van der Waals surface area contributed by atoms with Crippen LogP contribution in [0.25, 0.3) is 22.6 Å². The molecule has 0 atom stereocenters. The van der Waals surface area contributed by atoms with Crippen LogP contribution in [0.3, 0.4) is 0 Å².